The zero-order chi connectivity index (χ0) is 38.9. The molecule has 3 aliphatic rings. The number of benzene rings is 8. The van der Waals surface area contributed by atoms with E-state index in [9.17, 15) is 0 Å². The Kier molecular flexibility index (Phi) is 7.79. The number of aliphatic imine (C=N–C) groups is 1. The Morgan fingerprint density at radius 2 is 1.10 bits per heavy atom. The van der Waals surface area contributed by atoms with Crippen molar-refractivity contribution in [1.82, 2.24) is 0 Å². The summed E-state index contributed by atoms with van der Waals surface area (Å²) in [6.07, 6.45) is 3.40. The van der Waals surface area contributed by atoms with Crippen molar-refractivity contribution in [2.75, 3.05) is 4.90 Å². The average molecular weight is 771 g/mol. The number of rotatable bonds is 5. The van der Waals surface area contributed by atoms with E-state index in [1.807, 2.05) is 11.3 Å². The van der Waals surface area contributed by atoms with E-state index in [1.54, 1.807) is 0 Å². The van der Waals surface area contributed by atoms with E-state index in [-0.39, 0.29) is 5.92 Å². The van der Waals surface area contributed by atoms with Crippen molar-refractivity contribution in [3.8, 4) is 11.1 Å². The van der Waals surface area contributed by atoms with Crippen LogP contribution >= 0.6 is 11.3 Å². The summed E-state index contributed by atoms with van der Waals surface area (Å²) < 4.78 is 2.69. The third-order valence-electron chi connectivity index (χ3n) is 12.7. The van der Waals surface area contributed by atoms with Gasteiger partial charge in [0.1, 0.15) is 0 Å². The van der Waals surface area contributed by atoms with Gasteiger partial charge >= 0.3 is 0 Å². The molecule has 3 heterocycles. The molecule has 1 aliphatic carbocycles. The van der Waals surface area contributed by atoms with Crippen molar-refractivity contribution >= 4 is 61.5 Å². The van der Waals surface area contributed by atoms with Gasteiger partial charge in [0.05, 0.1) is 28.2 Å². The molecular formula is C56H38N2S. The summed E-state index contributed by atoms with van der Waals surface area (Å²) in [5.74, 6) is 0.207. The van der Waals surface area contributed by atoms with Crippen molar-refractivity contribution in [3.63, 3.8) is 0 Å². The van der Waals surface area contributed by atoms with Gasteiger partial charge in [0.2, 0.25) is 0 Å². The first-order valence-corrected chi connectivity index (χ1v) is 21.3. The lowest BCUT2D eigenvalue weighted by Crippen LogP contribution is -2.37. The first-order chi connectivity index (χ1) is 29.3. The molecule has 0 N–H and O–H groups in total. The van der Waals surface area contributed by atoms with Gasteiger partial charge in [-0.25, -0.2) is 0 Å². The van der Waals surface area contributed by atoms with Crippen LogP contribution in [-0.2, 0) is 5.41 Å². The molecular weight excluding hydrogens is 733 g/mol. The van der Waals surface area contributed by atoms with Crippen molar-refractivity contribution < 1.29 is 0 Å². The van der Waals surface area contributed by atoms with E-state index in [4.69, 9.17) is 4.99 Å². The van der Waals surface area contributed by atoms with Crippen LogP contribution < -0.4 is 14.7 Å². The quantitative estimate of drug-likeness (QED) is 0.170. The third kappa shape index (κ3) is 5.15. The van der Waals surface area contributed by atoms with E-state index in [0.29, 0.717) is 0 Å². The Morgan fingerprint density at radius 3 is 1.78 bits per heavy atom. The molecule has 0 bridgehead atoms. The predicted molar refractivity (Wildman–Crippen MR) is 247 cm³/mol. The van der Waals surface area contributed by atoms with E-state index in [2.05, 4.69) is 217 Å². The summed E-state index contributed by atoms with van der Waals surface area (Å²) in [7, 11) is 0. The second-order valence-corrected chi connectivity index (χ2v) is 16.8. The Labute approximate surface area is 348 Å². The molecule has 12 rings (SSSR count). The van der Waals surface area contributed by atoms with Crippen LogP contribution in [0.5, 0.6) is 0 Å². The normalized spacial score (nSPS) is 15.9. The first-order valence-electron chi connectivity index (χ1n) is 20.5. The molecule has 0 spiro atoms. The van der Waals surface area contributed by atoms with Gasteiger partial charge in [-0.1, -0.05) is 170 Å². The number of para-hydroxylation sites is 3. The van der Waals surface area contributed by atoms with Gasteiger partial charge < -0.3 is 4.90 Å². The Morgan fingerprint density at radius 1 is 0.525 bits per heavy atom. The van der Waals surface area contributed by atoms with Crippen molar-refractivity contribution in [2.24, 2.45) is 10.9 Å². The number of anilines is 3. The van der Waals surface area contributed by atoms with Gasteiger partial charge in [-0.05, 0) is 93.4 Å². The maximum Gasteiger partial charge on any atom is 0.0742 e. The Balaban J connectivity index is 0.996. The smallest absolute Gasteiger partial charge is 0.0742 e. The molecule has 3 heteroatoms. The van der Waals surface area contributed by atoms with E-state index < -0.39 is 5.41 Å². The van der Waals surface area contributed by atoms with Crippen LogP contribution in [-0.4, -0.2) is 5.71 Å². The topological polar surface area (TPSA) is 15.6 Å². The molecule has 2 nitrogen and oxygen atoms in total. The molecule has 59 heavy (non-hydrogen) atoms. The second kappa shape index (κ2) is 13.5. The number of hydrogen-bond acceptors (Lipinski definition) is 3. The van der Waals surface area contributed by atoms with Gasteiger partial charge in [-0.2, -0.15) is 0 Å². The van der Waals surface area contributed by atoms with Crippen LogP contribution in [0.25, 0.3) is 32.9 Å². The van der Waals surface area contributed by atoms with Gasteiger partial charge in [-0.3, -0.25) is 4.99 Å². The molecule has 1 aromatic heterocycles. The number of fused-ring (bicyclic) bond motifs is 8. The van der Waals surface area contributed by atoms with Crippen LogP contribution in [0.3, 0.4) is 0 Å². The minimum Gasteiger partial charge on any atom is -0.310 e. The maximum atomic E-state index is 5.29. The Bertz CT molecular complexity index is 3150. The zero-order valence-electron chi connectivity index (χ0n) is 32.3. The van der Waals surface area contributed by atoms with Crippen LogP contribution in [0.1, 0.15) is 39.8 Å². The van der Waals surface area contributed by atoms with E-state index in [0.717, 1.165) is 23.5 Å². The largest absolute Gasteiger partial charge is 0.310 e. The molecule has 0 amide bonds. The van der Waals surface area contributed by atoms with Gasteiger partial charge in [0, 0.05) is 37.0 Å². The highest BCUT2D eigenvalue weighted by Gasteiger charge is 2.46. The molecule has 0 radical (unpaired) electrons. The highest BCUT2D eigenvalue weighted by Crippen LogP contribution is 2.57. The summed E-state index contributed by atoms with van der Waals surface area (Å²) in [4.78, 5) is 7.75. The molecule has 0 fully saturated rings. The SMILES string of the molecule is C1=c2sc3ccc(-c4ccc(N5c6ccccc6C(c6ccccc6)(c6ccccc6)c6ccccc65)cc4)cc3c2=C2c3ccccc3N=C(c3ccccc3)C2C1. The Hall–Kier alpha value is -7.07. The second-order valence-electron chi connectivity index (χ2n) is 15.7. The van der Waals surface area contributed by atoms with Crippen LogP contribution in [0.2, 0.25) is 0 Å². The molecule has 278 valence electrons. The summed E-state index contributed by atoms with van der Waals surface area (Å²) >= 11 is 1.91. The molecule has 1 unspecified atom stereocenters. The zero-order valence-corrected chi connectivity index (χ0v) is 33.1. The fourth-order valence-electron chi connectivity index (χ4n) is 10.2. The monoisotopic (exact) mass is 770 g/mol. The molecule has 8 aromatic carbocycles. The van der Waals surface area contributed by atoms with Crippen LogP contribution in [0, 0.1) is 5.92 Å². The van der Waals surface area contributed by atoms with Crippen molar-refractivity contribution in [3.05, 3.63) is 249 Å². The average Bonchev–Trinajstić information content (AvgIpc) is 3.70. The van der Waals surface area contributed by atoms with Gasteiger partial charge in [-0.15, -0.1) is 11.3 Å². The number of hydrogen-bond donors (Lipinski definition) is 0. The van der Waals surface area contributed by atoms with Gasteiger partial charge in [0.15, 0.2) is 0 Å². The number of thiophene rings is 1. The van der Waals surface area contributed by atoms with Crippen LogP contribution in [0.15, 0.2) is 211 Å². The standard InChI is InChI=1S/C56H38N2S/c1-4-16-38(17-5-1)55-44-33-35-52-54(53(44)43-22-10-13-25-48(43)57-55)45-36-39(30-34-51(45)59-52)37-28-31-42(32-29-37)58-49-26-14-11-23-46(49)56(40-18-6-2-7-19-40,41-20-8-3-9-21-41)47-24-12-15-27-50(47)58/h1-32,34-36,44H,33H2. The van der Waals surface area contributed by atoms with Crippen LogP contribution in [0.4, 0.5) is 22.7 Å². The molecule has 1 atom stereocenters. The predicted octanol–water partition coefficient (Wildman–Crippen LogP) is 12.9. The maximum absolute atomic E-state index is 5.29. The number of nitrogens with zero attached hydrogens (tertiary/aromatic N) is 2. The molecule has 9 aromatic rings. The molecule has 0 saturated heterocycles. The summed E-state index contributed by atoms with van der Waals surface area (Å²) in [5.41, 5.74) is 16.6. The summed E-state index contributed by atoms with van der Waals surface area (Å²) in [6, 6.07) is 75.7. The highest BCUT2D eigenvalue weighted by molar-refractivity contribution is 7.17. The van der Waals surface area contributed by atoms with E-state index in [1.165, 1.54) is 81.3 Å². The van der Waals surface area contributed by atoms with Crippen molar-refractivity contribution in [2.45, 2.75) is 11.8 Å². The van der Waals surface area contributed by atoms with Crippen molar-refractivity contribution in [1.29, 1.82) is 0 Å². The molecule has 0 saturated carbocycles. The first kappa shape index (κ1) is 34.0. The third-order valence-corrected chi connectivity index (χ3v) is 13.8. The summed E-state index contributed by atoms with van der Waals surface area (Å²) in [5, 5.41) is 2.70. The molecule has 2 aliphatic heterocycles. The fraction of sp³-hybridized carbons (Fsp3) is 0.0536. The fourth-order valence-corrected chi connectivity index (χ4v) is 11.3. The van der Waals surface area contributed by atoms with E-state index >= 15 is 0 Å². The minimum atomic E-state index is -0.484. The minimum absolute atomic E-state index is 0.207. The highest BCUT2D eigenvalue weighted by atomic mass is 32.1. The lowest BCUT2D eigenvalue weighted by molar-refractivity contribution is 0.731. The lowest BCUT2D eigenvalue weighted by Gasteiger charge is -2.46. The summed E-state index contributed by atoms with van der Waals surface area (Å²) in [6.45, 7) is 0. The lowest BCUT2D eigenvalue weighted by atomic mass is 9.62. The van der Waals surface area contributed by atoms with Gasteiger partial charge in [0.25, 0.3) is 0 Å².